The molecule has 0 radical (unpaired) electrons. The molecule has 0 aromatic heterocycles. The summed E-state index contributed by atoms with van der Waals surface area (Å²) in [5.41, 5.74) is 0.576. The molecule has 0 amide bonds. The maximum atomic E-state index is 3.53. The molecule has 2 unspecified atom stereocenters. The minimum Gasteiger partial charge on any atom is -0.319 e. The number of fused-ring (bicyclic) bond motifs is 1. The second-order valence-corrected chi connectivity index (χ2v) is 8.27. The molecule has 0 aromatic rings. The van der Waals surface area contributed by atoms with Gasteiger partial charge < -0.3 is 10.2 Å². The molecule has 2 heteroatoms. The molecule has 1 N–H and O–H groups in total. The topological polar surface area (TPSA) is 15.3 Å². The number of rotatable bonds is 4. The Morgan fingerprint density at radius 2 is 1.62 bits per heavy atom. The van der Waals surface area contributed by atoms with E-state index >= 15 is 0 Å². The van der Waals surface area contributed by atoms with Crippen LogP contribution in [0.15, 0.2) is 0 Å². The molecular formula is C19H36N2. The molecule has 0 bridgehead atoms. The fourth-order valence-electron chi connectivity index (χ4n) is 5.54. The van der Waals surface area contributed by atoms with Crippen LogP contribution in [0.5, 0.6) is 0 Å². The molecule has 1 saturated heterocycles. The Morgan fingerprint density at radius 3 is 2.33 bits per heavy atom. The van der Waals surface area contributed by atoms with Crippen molar-refractivity contribution < 1.29 is 0 Å². The first kappa shape index (κ1) is 15.8. The highest BCUT2D eigenvalue weighted by Gasteiger charge is 2.36. The quantitative estimate of drug-likeness (QED) is 0.786. The van der Waals surface area contributed by atoms with Crippen molar-refractivity contribution in [3.05, 3.63) is 0 Å². The van der Waals surface area contributed by atoms with Crippen molar-refractivity contribution in [3.63, 3.8) is 0 Å². The normalized spacial score (nSPS) is 34.1. The molecule has 2 nitrogen and oxygen atoms in total. The summed E-state index contributed by atoms with van der Waals surface area (Å²) < 4.78 is 0. The van der Waals surface area contributed by atoms with E-state index in [-0.39, 0.29) is 0 Å². The Bertz CT molecular complexity index is 307. The van der Waals surface area contributed by atoms with Gasteiger partial charge in [-0.2, -0.15) is 0 Å². The zero-order chi connectivity index (χ0) is 14.5. The van der Waals surface area contributed by atoms with Gasteiger partial charge in [-0.25, -0.2) is 0 Å². The van der Waals surface area contributed by atoms with Crippen LogP contribution in [0.3, 0.4) is 0 Å². The largest absolute Gasteiger partial charge is 0.319 e. The molecule has 2 aliphatic carbocycles. The third kappa shape index (κ3) is 4.01. The maximum absolute atomic E-state index is 3.53. The highest BCUT2D eigenvalue weighted by Crippen LogP contribution is 2.39. The van der Waals surface area contributed by atoms with E-state index in [1.165, 1.54) is 96.8 Å². The summed E-state index contributed by atoms with van der Waals surface area (Å²) in [7, 11) is 2.15. The van der Waals surface area contributed by atoms with Crippen LogP contribution in [0.1, 0.15) is 70.6 Å². The van der Waals surface area contributed by atoms with Crippen molar-refractivity contribution in [2.45, 2.75) is 70.6 Å². The predicted octanol–water partition coefficient (Wildman–Crippen LogP) is 4.06. The van der Waals surface area contributed by atoms with Crippen molar-refractivity contribution in [3.8, 4) is 0 Å². The number of likely N-dealkylation sites (tertiary alicyclic amines) is 1. The molecule has 3 rings (SSSR count). The Hall–Kier alpha value is -0.0800. The van der Waals surface area contributed by atoms with E-state index < -0.39 is 0 Å². The molecule has 0 aromatic carbocycles. The van der Waals surface area contributed by atoms with Gasteiger partial charge in [0.05, 0.1) is 0 Å². The Kier molecular flexibility index (Phi) is 5.61. The SMILES string of the molecule is CNCC1(CN2CCC3CCCCC3C2)CCCCCC1. The zero-order valence-corrected chi connectivity index (χ0v) is 14.2. The van der Waals surface area contributed by atoms with Gasteiger partial charge in [0.2, 0.25) is 0 Å². The lowest BCUT2D eigenvalue weighted by molar-refractivity contribution is 0.0457. The van der Waals surface area contributed by atoms with Gasteiger partial charge >= 0.3 is 0 Å². The molecule has 1 aliphatic heterocycles. The fourth-order valence-corrected chi connectivity index (χ4v) is 5.54. The van der Waals surface area contributed by atoms with Gasteiger partial charge in [-0.3, -0.25) is 0 Å². The molecular weight excluding hydrogens is 256 g/mol. The predicted molar refractivity (Wildman–Crippen MR) is 90.6 cm³/mol. The summed E-state index contributed by atoms with van der Waals surface area (Å²) in [4.78, 5) is 2.86. The summed E-state index contributed by atoms with van der Waals surface area (Å²) >= 11 is 0. The Morgan fingerprint density at radius 1 is 0.905 bits per heavy atom. The highest BCUT2D eigenvalue weighted by molar-refractivity contribution is 4.90. The molecule has 2 atom stereocenters. The molecule has 3 aliphatic rings. The van der Waals surface area contributed by atoms with E-state index in [1.54, 1.807) is 0 Å². The van der Waals surface area contributed by atoms with Crippen LogP contribution in [0.25, 0.3) is 0 Å². The van der Waals surface area contributed by atoms with Gasteiger partial charge in [0.1, 0.15) is 0 Å². The third-order valence-corrected chi connectivity index (χ3v) is 6.65. The van der Waals surface area contributed by atoms with E-state index in [2.05, 4.69) is 17.3 Å². The first-order valence-corrected chi connectivity index (χ1v) is 9.68. The van der Waals surface area contributed by atoms with Gasteiger partial charge in [-0.1, -0.05) is 44.9 Å². The maximum Gasteiger partial charge on any atom is 0.00503 e. The van der Waals surface area contributed by atoms with E-state index in [0.717, 1.165) is 11.8 Å². The lowest BCUT2D eigenvalue weighted by atomic mass is 9.73. The number of nitrogens with one attached hydrogen (secondary N) is 1. The smallest absolute Gasteiger partial charge is 0.00503 e. The van der Waals surface area contributed by atoms with Crippen LogP contribution in [0.4, 0.5) is 0 Å². The first-order chi connectivity index (χ1) is 10.3. The molecule has 2 saturated carbocycles. The third-order valence-electron chi connectivity index (χ3n) is 6.65. The van der Waals surface area contributed by atoms with E-state index in [1.807, 2.05) is 0 Å². The van der Waals surface area contributed by atoms with Crippen molar-refractivity contribution >= 4 is 0 Å². The van der Waals surface area contributed by atoms with Gasteiger partial charge in [0.25, 0.3) is 0 Å². The first-order valence-electron chi connectivity index (χ1n) is 9.68. The van der Waals surface area contributed by atoms with Crippen LogP contribution in [0, 0.1) is 17.3 Å². The van der Waals surface area contributed by atoms with Crippen LogP contribution in [0.2, 0.25) is 0 Å². The van der Waals surface area contributed by atoms with Gasteiger partial charge in [0, 0.05) is 19.6 Å². The molecule has 3 fully saturated rings. The van der Waals surface area contributed by atoms with E-state index in [4.69, 9.17) is 0 Å². The lowest BCUT2D eigenvalue weighted by Gasteiger charge is -2.45. The van der Waals surface area contributed by atoms with Gasteiger partial charge in [-0.05, 0) is 56.5 Å². The minimum atomic E-state index is 0.576. The van der Waals surface area contributed by atoms with Gasteiger partial charge in [-0.15, -0.1) is 0 Å². The van der Waals surface area contributed by atoms with Crippen molar-refractivity contribution in [2.24, 2.45) is 17.3 Å². The fraction of sp³-hybridized carbons (Fsp3) is 1.00. The van der Waals surface area contributed by atoms with Crippen LogP contribution in [-0.4, -0.2) is 38.1 Å². The Balaban J connectivity index is 1.59. The lowest BCUT2D eigenvalue weighted by Crippen LogP contribution is -2.49. The zero-order valence-electron chi connectivity index (χ0n) is 14.2. The van der Waals surface area contributed by atoms with E-state index in [9.17, 15) is 0 Å². The van der Waals surface area contributed by atoms with Crippen LogP contribution < -0.4 is 5.32 Å². The monoisotopic (exact) mass is 292 g/mol. The highest BCUT2D eigenvalue weighted by atomic mass is 15.1. The summed E-state index contributed by atoms with van der Waals surface area (Å²) in [5.74, 6) is 2.11. The molecule has 0 spiro atoms. The van der Waals surface area contributed by atoms with Crippen LogP contribution in [-0.2, 0) is 0 Å². The number of hydrogen-bond donors (Lipinski definition) is 1. The minimum absolute atomic E-state index is 0.576. The summed E-state index contributed by atoms with van der Waals surface area (Å²) in [6, 6.07) is 0. The summed E-state index contributed by atoms with van der Waals surface area (Å²) in [5, 5.41) is 3.53. The molecule has 21 heavy (non-hydrogen) atoms. The van der Waals surface area contributed by atoms with Crippen molar-refractivity contribution in [1.29, 1.82) is 0 Å². The van der Waals surface area contributed by atoms with E-state index in [0.29, 0.717) is 5.41 Å². The average Bonchev–Trinajstić information content (AvgIpc) is 2.73. The standard InChI is InChI=1S/C19H36N2/c1-20-15-19(11-6-2-3-7-12-19)16-21-13-10-17-8-4-5-9-18(17)14-21/h17-18,20H,2-16H2,1H3. The summed E-state index contributed by atoms with van der Waals surface area (Å²) in [6.07, 6.45) is 16.3. The van der Waals surface area contributed by atoms with Crippen molar-refractivity contribution in [1.82, 2.24) is 10.2 Å². The number of hydrogen-bond acceptors (Lipinski definition) is 2. The second-order valence-electron chi connectivity index (χ2n) is 8.27. The average molecular weight is 293 g/mol. The van der Waals surface area contributed by atoms with Crippen LogP contribution >= 0.6 is 0 Å². The van der Waals surface area contributed by atoms with Crippen molar-refractivity contribution in [2.75, 3.05) is 33.2 Å². The molecule has 122 valence electrons. The summed E-state index contributed by atoms with van der Waals surface area (Å²) in [6.45, 7) is 5.40. The number of nitrogens with zero attached hydrogens (tertiary/aromatic N) is 1. The Labute approximate surface area is 132 Å². The second kappa shape index (κ2) is 7.46. The van der Waals surface area contributed by atoms with Gasteiger partial charge in [0.15, 0.2) is 0 Å². The number of piperidine rings is 1. The molecule has 1 heterocycles.